The Kier molecular flexibility index (Phi) is 7.86. The molecule has 0 atom stereocenters. The minimum Gasteiger partial charge on any atom is -0.484 e. The number of anilines is 1. The highest BCUT2D eigenvalue weighted by Gasteiger charge is 2.07. The van der Waals surface area contributed by atoms with Crippen molar-refractivity contribution in [2.45, 2.75) is 39.5 Å². The Bertz CT molecular complexity index is 737. The summed E-state index contributed by atoms with van der Waals surface area (Å²) in [5, 5.41) is 5.63. The van der Waals surface area contributed by atoms with Gasteiger partial charge in [-0.05, 0) is 54.3 Å². The molecule has 2 rings (SSSR count). The lowest BCUT2D eigenvalue weighted by Crippen LogP contribution is -2.24. The molecule has 2 aromatic carbocycles. The van der Waals surface area contributed by atoms with Crippen LogP contribution < -0.4 is 15.4 Å². The molecule has 0 saturated heterocycles. The van der Waals surface area contributed by atoms with Gasteiger partial charge in [-0.25, -0.2) is 0 Å². The summed E-state index contributed by atoms with van der Waals surface area (Å²) in [5.74, 6) is 0.769. The van der Waals surface area contributed by atoms with Crippen molar-refractivity contribution in [3.8, 4) is 5.75 Å². The van der Waals surface area contributed by atoms with Gasteiger partial charge in [0.05, 0.1) is 0 Å². The van der Waals surface area contributed by atoms with Gasteiger partial charge in [-0.3, -0.25) is 9.59 Å². The van der Waals surface area contributed by atoms with Gasteiger partial charge in [0.2, 0.25) is 0 Å². The molecule has 0 aliphatic rings. The van der Waals surface area contributed by atoms with Crippen LogP contribution in [0.1, 0.15) is 55.5 Å². The molecule has 2 aromatic rings. The number of benzene rings is 2. The van der Waals surface area contributed by atoms with E-state index in [1.807, 2.05) is 24.3 Å². The van der Waals surface area contributed by atoms with Crippen LogP contribution in [0, 0.1) is 0 Å². The number of nitrogens with one attached hydrogen (secondary N) is 2. The summed E-state index contributed by atoms with van der Waals surface area (Å²) >= 11 is 0. The van der Waals surface area contributed by atoms with Gasteiger partial charge >= 0.3 is 0 Å². The van der Waals surface area contributed by atoms with E-state index >= 15 is 0 Å². The van der Waals surface area contributed by atoms with Crippen molar-refractivity contribution in [1.82, 2.24) is 5.32 Å². The van der Waals surface area contributed by atoms with Crippen molar-refractivity contribution in [2.75, 3.05) is 18.5 Å². The summed E-state index contributed by atoms with van der Waals surface area (Å²) in [6.07, 6.45) is 2.00. The molecule has 144 valence electrons. The largest absolute Gasteiger partial charge is 0.484 e. The van der Waals surface area contributed by atoms with E-state index in [1.54, 1.807) is 24.3 Å². The zero-order valence-corrected chi connectivity index (χ0v) is 16.2. The van der Waals surface area contributed by atoms with E-state index in [1.165, 1.54) is 5.56 Å². The molecule has 0 unspecified atom stereocenters. The molecule has 0 bridgehead atoms. The van der Waals surface area contributed by atoms with Crippen molar-refractivity contribution < 1.29 is 14.3 Å². The fourth-order valence-electron chi connectivity index (χ4n) is 2.48. The topological polar surface area (TPSA) is 67.4 Å². The molecule has 0 aromatic heterocycles. The van der Waals surface area contributed by atoms with E-state index < -0.39 is 0 Å². The Labute approximate surface area is 161 Å². The number of ether oxygens (including phenoxy) is 1. The number of carbonyl (C=O) groups excluding carboxylic acids is 2. The number of carbonyl (C=O) groups is 2. The van der Waals surface area contributed by atoms with Crippen LogP contribution in [-0.2, 0) is 4.79 Å². The van der Waals surface area contributed by atoms with Crippen LogP contribution >= 0.6 is 0 Å². The third-order valence-electron chi connectivity index (χ3n) is 4.16. The maximum atomic E-state index is 12.0. The first-order chi connectivity index (χ1) is 13.0. The number of rotatable bonds is 9. The van der Waals surface area contributed by atoms with Gasteiger partial charge in [-0.2, -0.15) is 0 Å². The Morgan fingerprint density at radius 3 is 2.26 bits per heavy atom. The maximum Gasteiger partial charge on any atom is 0.262 e. The second kappa shape index (κ2) is 10.4. The van der Waals surface area contributed by atoms with Gasteiger partial charge in [0.15, 0.2) is 6.61 Å². The van der Waals surface area contributed by atoms with Crippen LogP contribution in [-0.4, -0.2) is 25.0 Å². The molecule has 0 spiro atoms. The summed E-state index contributed by atoms with van der Waals surface area (Å²) in [4.78, 5) is 24.0. The van der Waals surface area contributed by atoms with Gasteiger partial charge in [-0.15, -0.1) is 0 Å². The predicted octanol–water partition coefficient (Wildman–Crippen LogP) is 4.36. The van der Waals surface area contributed by atoms with Gasteiger partial charge in [0.1, 0.15) is 5.75 Å². The molecule has 5 heteroatoms. The molecule has 27 heavy (non-hydrogen) atoms. The fourth-order valence-corrected chi connectivity index (χ4v) is 2.48. The fraction of sp³-hybridized carbons (Fsp3) is 0.364. The van der Waals surface area contributed by atoms with Crippen LogP contribution in [0.15, 0.2) is 48.5 Å². The molecule has 0 radical (unpaired) electrons. The Hall–Kier alpha value is -2.82. The van der Waals surface area contributed by atoms with Crippen molar-refractivity contribution in [3.63, 3.8) is 0 Å². The molecule has 5 nitrogen and oxygen atoms in total. The highest BCUT2D eigenvalue weighted by molar-refractivity contribution is 5.96. The first kappa shape index (κ1) is 20.5. The predicted molar refractivity (Wildman–Crippen MR) is 108 cm³/mol. The molecule has 0 aliphatic heterocycles. The molecule has 0 saturated carbocycles. The zero-order chi connectivity index (χ0) is 19.6. The van der Waals surface area contributed by atoms with Crippen LogP contribution in [0.3, 0.4) is 0 Å². The van der Waals surface area contributed by atoms with E-state index in [-0.39, 0.29) is 18.4 Å². The zero-order valence-electron chi connectivity index (χ0n) is 16.2. The van der Waals surface area contributed by atoms with Gasteiger partial charge in [0.25, 0.3) is 11.8 Å². The number of hydrogen-bond donors (Lipinski definition) is 2. The van der Waals surface area contributed by atoms with Gasteiger partial charge in [0, 0.05) is 17.8 Å². The quantitative estimate of drug-likeness (QED) is 0.646. The minimum atomic E-state index is -0.247. The lowest BCUT2D eigenvalue weighted by Gasteiger charge is -2.10. The maximum absolute atomic E-state index is 12.0. The third kappa shape index (κ3) is 6.77. The van der Waals surface area contributed by atoms with E-state index in [0.29, 0.717) is 29.5 Å². The molecular weight excluding hydrogens is 340 g/mol. The second-order valence-electron chi connectivity index (χ2n) is 6.75. The monoisotopic (exact) mass is 368 g/mol. The SMILES string of the molecule is CCCCNC(=O)c1ccc(NC(=O)COc2ccc(C(C)C)cc2)cc1. The van der Waals surface area contributed by atoms with Crippen molar-refractivity contribution in [2.24, 2.45) is 0 Å². The second-order valence-corrected chi connectivity index (χ2v) is 6.75. The summed E-state index contributed by atoms with van der Waals surface area (Å²) in [7, 11) is 0. The van der Waals surface area contributed by atoms with E-state index in [0.717, 1.165) is 12.8 Å². The average molecular weight is 368 g/mol. The van der Waals surface area contributed by atoms with Gasteiger partial charge in [-0.1, -0.05) is 39.3 Å². The molecular formula is C22H28N2O3. The molecule has 0 fully saturated rings. The highest BCUT2D eigenvalue weighted by atomic mass is 16.5. The molecule has 2 amide bonds. The summed E-state index contributed by atoms with van der Waals surface area (Å²) < 4.78 is 5.52. The van der Waals surface area contributed by atoms with Crippen molar-refractivity contribution in [3.05, 3.63) is 59.7 Å². The average Bonchev–Trinajstić information content (AvgIpc) is 2.67. The number of unbranched alkanes of at least 4 members (excludes halogenated alkanes) is 1. The molecule has 0 heterocycles. The van der Waals surface area contributed by atoms with E-state index in [2.05, 4.69) is 31.4 Å². The summed E-state index contributed by atoms with van der Waals surface area (Å²) in [6.45, 7) is 6.93. The lowest BCUT2D eigenvalue weighted by atomic mass is 10.0. The smallest absolute Gasteiger partial charge is 0.262 e. The van der Waals surface area contributed by atoms with Crippen LogP contribution in [0.5, 0.6) is 5.75 Å². The normalized spacial score (nSPS) is 10.5. The number of amides is 2. The summed E-state index contributed by atoms with van der Waals surface area (Å²) in [5.41, 5.74) is 2.43. The highest BCUT2D eigenvalue weighted by Crippen LogP contribution is 2.18. The minimum absolute atomic E-state index is 0.0692. The molecule has 2 N–H and O–H groups in total. The first-order valence-electron chi connectivity index (χ1n) is 9.40. The third-order valence-corrected chi connectivity index (χ3v) is 4.16. The van der Waals surface area contributed by atoms with Crippen LogP contribution in [0.4, 0.5) is 5.69 Å². The number of hydrogen-bond acceptors (Lipinski definition) is 3. The van der Waals surface area contributed by atoms with E-state index in [9.17, 15) is 9.59 Å². The molecule has 0 aliphatic carbocycles. The van der Waals surface area contributed by atoms with Gasteiger partial charge < -0.3 is 15.4 Å². The van der Waals surface area contributed by atoms with E-state index in [4.69, 9.17) is 4.74 Å². The standard InChI is InChI=1S/C22H28N2O3/c1-4-5-14-23-22(26)18-6-10-19(11-7-18)24-21(25)15-27-20-12-8-17(9-13-20)16(2)3/h6-13,16H,4-5,14-15H2,1-3H3,(H,23,26)(H,24,25). The summed E-state index contributed by atoms with van der Waals surface area (Å²) in [6, 6.07) is 14.6. The first-order valence-corrected chi connectivity index (χ1v) is 9.40. The Morgan fingerprint density at radius 2 is 1.67 bits per heavy atom. The Balaban J connectivity index is 1.80. The van der Waals surface area contributed by atoms with Crippen molar-refractivity contribution in [1.29, 1.82) is 0 Å². The van der Waals surface area contributed by atoms with Crippen molar-refractivity contribution >= 4 is 17.5 Å². The Morgan fingerprint density at radius 1 is 1.00 bits per heavy atom. The lowest BCUT2D eigenvalue weighted by molar-refractivity contribution is -0.118. The van der Waals surface area contributed by atoms with Crippen LogP contribution in [0.2, 0.25) is 0 Å². The van der Waals surface area contributed by atoms with Crippen LogP contribution in [0.25, 0.3) is 0 Å².